The number of nitrogens with zero attached hydrogens (tertiary/aromatic N) is 1. The average molecular weight is 191 g/mol. The molecule has 0 fully saturated rings. The van der Waals surface area contributed by atoms with E-state index in [1.807, 2.05) is 6.20 Å². The summed E-state index contributed by atoms with van der Waals surface area (Å²) >= 11 is 0.737. The van der Waals surface area contributed by atoms with Crippen molar-refractivity contribution in [2.45, 2.75) is 13.8 Å². The zero-order valence-corrected chi connectivity index (χ0v) is 10.7. The molecule has 0 atom stereocenters. The molecule has 60 valence electrons. The fourth-order valence-corrected chi connectivity index (χ4v) is 1.00. The van der Waals surface area contributed by atoms with Crippen molar-refractivity contribution < 1.29 is 9.90 Å². The normalized spacial score (nSPS) is 8.33. The molecule has 1 aromatic rings. The van der Waals surface area contributed by atoms with Crippen LogP contribution < -0.4 is -0.212 Å². The van der Waals surface area contributed by atoms with Gasteiger partial charge in [0.2, 0.25) is 0 Å². The molecule has 0 amide bonds. The summed E-state index contributed by atoms with van der Waals surface area (Å²) in [5, 5.41) is 7.42. The molecule has 0 unspecified atom stereocenters. The molecular weight excluding hydrogens is 181 g/mol. The van der Waals surface area contributed by atoms with Gasteiger partial charge in [-0.3, -0.25) is 4.79 Å². The quantitative estimate of drug-likeness (QED) is 0.599. The van der Waals surface area contributed by atoms with Gasteiger partial charge in [0.25, 0.3) is 5.97 Å². The summed E-state index contributed by atoms with van der Waals surface area (Å²) in [5.41, 5.74) is 1.25. The zero-order valence-electron chi connectivity index (χ0n) is 7.53. The van der Waals surface area contributed by atoms with E-state index in [1.54, 1.807) is 0 Å². The number of rotatable bonds is 0. The fourth-order valence-electron chi connectivity index (χ4n) is 0.542. The van der Waals surface area contributed by atoms with Crippen molar-refractivity contribution in [2.24, 2.45) is 0 Å². The second kappa shape index (κ2) is 6.74. The van der Waals surface area contributed by atoms with Crippen molar-refractivity contribution in [2.75, 3.05) is 0 Å². The average Bonchev–Trinajstić information content (AvgIpc) is 1.94. The number of aromatic nitrogens is 1. The summed E-state index contributed by atoms with van der Waals surface area (Å²) in [4.78, 5) is 13.2. The molecule has 1 heterocycles. The van der Waals surface area contributed by atoms with Gasteiger partial charge >= 0.3 is 84.5 Å². The summed E-state index contributed by atoms with van der Waals surface area (Å²) in [7, 11) is 0. The summed E-state index contributed by atoms with van der Waals surface area (Å²) in [6.45, 7) is 3.14. The van der Waals surface area contributed by atoms with Gasteiger partial charge in [-0.25, -0.2) is 0 Å². The summed E-state index contributed by atoms with van der Waals surface area (Å²) in [6, 6.07) is 4.20. The molecule has 0 aliphatic heterocycles. The van der Waals surface area contributed by atoms with Gasteiger partial charge in [0.05, 0.1) is 0 Å². The van der Waals surface area contributed by atoms with Crippen LogP contribution in [0.3, 0.4) is 0 Å². The Morgan fingerprint density at radius 2 is 2.08 bits per heavy atom. The predicted octanol–water partition coefficient (Wildman–Crippen LogP) is 0.275. The molecule has 0 radical (unpaired) electrons. The first kappa shape index (κ1) is 12.3. The topological polar surface area (TPSA) is 50.2 Å². The molecule has 3 nitrogen and oxygen atoms in total. The third-order valence-electron chi connectivity index (χ3n) is 1.06. The Labute approximate surface area is 106 Å². The van der Waals surface area contributed by atoms with Gasteiger partial charge in [0.15, 0.2) is 0 Å². The van der Waals surface area contributed by atoms with Crippen LogP contribution in [0.4, 0.5) is 0 Å². The van der Waals surface area contributed by atoms with Gasteiger partial charge in [-0.05, 0) is 0 Å². The van der Waals surface area contributed by atoms with Gasteiger partial charge < -0.3 is 5.11 Å². The van der Waals surface area contributed by atoms with Crippen molar-refractivity contribution in [3.8, 4) is 0 Å². The van der Waals surface area contributed by atoms with Crippen LogP contribution >= 0.6 is 0 Å². The molecule has 0 aliphatic carbocycles. The number of carboxylic acid groups (broad SMARTS) is 1. The van der Waals surface area contributed by atoms with Crippen molar-refractivity contribution in [1.82, 2.24) is 4.98 Å². The summed E-state index contributed by atoms with van der Waals surface area (Å²) in [6.07, 6.45) is 1.92. The third kappa shape index (κ3) is 8.35. The van der Waals surface area contributed by atoms with Crippen LogP contribution in [0.2, 0.25) is 0 Å². The maximum atomic E-state index is 9.00. The van der Waals surface area contributed by atoms with E-state index in [-0.39, 0.29) is 0 Å². The van der Waals surface area contributed by atoms with Gasteiger partial charge in [-0.2, -0.15) is 0 Å². The molecule has 4 heteroatoms. The van der Waals surface area contributed by atoms with Crippen LogP contribution in [0.5, 0.6) is 0 Å². The second-order valence-corrected chi connectivity index (χ2v) is 4.10. The van der Waals surface area contributed by atoms with E-state index in [4.69, 9.17) is 9.90 Å². The molecule has 0 saturated heterocycles. The van der Waals surface area contributed by atoms with E-state index in [2.05, 4.69) is 24.0 Å². The molecule has 0 aliphatic rings. The van der Waals surface area contributed by atoms with Crippen molar-refractivity contribution >= 4 is 54.7 Å². The summed E-state index contributed by atoms with van der Waals surface area (Å²) in [5.74, 6) is -0.833. The van der Waals surface area contributed by atoms with Crippen molar-refractivity contribution in [1.29, 1.82) is 0 Å². The number of carboxylic acids is 1. The van der Waals surface area contributed by atoms with Crippen LogP contribution in [0.15, 0.2) is 18.3 Å². The maximum absolute atomic E-state index is 9.00. The van der Waals surface area contributed by atoms with Crippen LogP contribution in [0.1, 0.15) is 12.5 Å². The van der Waals surface area contributed by atoms with Crippen LogP contribution in [0.25, 0.3) is 0 Å². The van der Waals surface area contributed by atoms with Gasteiger partial charge in [-0.15, -0.1) is 0 Å². The number of carbonyl (C=O) groups is 1. The van der Waals surface area contributed by atoms with E-state index in [1.165, 1.54) is 5.35 Å². The van der Waals surface area contributed by atoms with Crippen molar-refractivity contribution in [3.63, 3.8) is 0 Å². The monoisotopic (exact) mass is 191 g/mol. The first-order chi connectivity index (χ1) is 5.52. The molecule has 12 heavy (non-hydrogen) atoms. The Bertz CT molecular complexity index is 221. The van der Waals surface area contributed by atoms with E-state index < -0.39 is 5.97 Å². The minimum atomic E-state index is -0.833. The molecule has 1 aromatic heterocycles. The van der Waals surface area contributed by atoms with Gasteiger partial charge in [0.1, 0.15) is 0 Å². The van der Waals surface area contributed by atoms with Crippen LogP contribution in [-0.4, -0.2) is 65.0 Å². The second-order valence-electron chi connectivity index (χ2n) is 2.50. The molecule has 1 N–H and O–H groups in total. The Morgan fingerprint density at radius 3 is 2.33 bits per heavy atom. The van der Waals surface area contributed by atoms with E-state index in [0.29, 0.717) is 0 Å². The number of hydrogen-bond acceptors (Lipinski definition) is 2. The Kier molecular flexibility index (Phi) is 6.88. The SMILES string of the molecule is CC(=O)O.Cc1cc[c]([K])nc1. The first-order valence-corrected chi connectivity index (χ1v) is 5.17. The Balaban J connectivity index is 0.000000261. The first-order valence-electron chi connectivity index (χ1n) is 3.61. The van der Waals surface area contributed by atoms with Gasteiger partial charge in [-0.1, -0.05) is 0 Å². The van der Waals surface area contributed by atoms with E-state index in [0.717, 1.165) is 55.9 Å². The van der Waals surface area contributed by atoms with E-state index in [9.17, 15) is 0 Å². The molecule has 0 aromatic carbocycles. The molecule has 0 saturated carbocycles. The molecule has 0 bridgehead atoms. The number of aryl methyl sites for hydroxylation is 1. The molecular formula is C8H10KNO2. The predicted molar refractivity (Wildman–Crippen MR) is 47.7 cm³/mol. The summed E-state index contributed by atoms with van der Waals surface area (Å²) < 4.78 is 1.27. The van der Waals surface area contributed by atoms with Crippen LogP contribution in [-0.2, 0) is 4.79 Å². The molecule has 1 rings (SSSR count). The van der Waals surface area contributed by atoms with E-state index >= 15 is 0 Å². The van der Waals surface area contributed by atoms with Crippen LogP contribution in [0, 0.1) is 6.92 Å². The number of hydrogen-bond donors (Lipinski definition) is 1. The number of pyridine rings is 1. The molecule has 0 spiro atoms. The Morgan fingerprint density at radius 1 is 1.58 bits per heavy atom. The zero-order chi connectivity index (χ0) is 9.56. The van der Waals surface area contributed by atoms with Crippen molar-refractivity contribution in [3.05, 3.63) is 23.9 Å². The Hall–Kier alpha value is 0.256. The number of aliphatic carboxylic acids is 1. The minimum absolute atomic E-state index is 0.737. The van der Waals surface area contributed by atoms with Gasteiger partial charge in [0, 0.05) is 6.92 Å². The standard InChI is InChI=1S/C6H6N.C2H4O2.K/c1-6-3-2-4-7-5-6;1-2(3)4;/h2-3,5H,1H3;1H3,(H,3,4);. The third-order valence-corrected chi connectivity index (χ3v) is 1.98. The fraction of sp³-hybridized carbons (Fsp3) is 0.250.